The number of halogens is 3. The zero-order chi connectivity index (χ0) is 17.3. The zero-order valence-electron chi connectivity index (χ0n) is 11.4. The van der Waals surface area contributed by atoms with Crippen LogP contribution in [-0.2, 0) is 16.3 Å². The van der Waals surface area contributed by atoms with E-state index in [1.807, 2.05) is 0 Å². The molecule has 0 unspecified atom stereocenters. The average molecular weight is 345 g/mol. The summed E-state index contributed by atoms with van der Waals surface area (Å²) in [5.41, 5.74) is 4.12. The lowest BCUT2D eigenvalue weighted by molar-refractivity contribution is -0.137. The first kappa shape index (κ1) is 16.8. The highest BCUT2D eigenvalue weighted by atomic mass is 32.2. The van der Waals surface area contributed by atoms with E-state index < -0.39 is 32.7 Å². The van der Waals surface area contributed by atoms with Gasteiger partial charge < -0.3 is 9.92 Å². The Morgan fingerprint density at radius 3 is 2.17 bits per heavy atom. The Bertz CT molecular complexity index is 830. The SMILES string of the molecule is NC(=O)c1cccc(OS(=O)(=O)c2ccc(C(F)(F)F)cc2)c1. The molecule has 0 aromatic heterocycles. The van der Waals surface area contributed by atoms with Gasteiger partial charge in [-0.2, -0.15) is 21.6 Å². The minimum absolute atomic E-state index is 0.0325. The number of hydrogen-bond donors (Lipinski definition) is 1. The Balaban J connectivity index is 2.29. The van der Waals surface area contributed by atoms with Crippen LogP contribution in [-0.4, -0.2) is 14.3 Å². The minimum Gasteiger partial charge on any atom is -0.379 e. The van der Waals surface area contributed by atoms with Crippen LogP contribution in [0.15, 0.2) is 53.4 Å². The van der Waals surface area contributed by atoms with Crippen molar-refractivity contribution in [1.82, 2.24) is 0 Å². The van der Waals surface area contributed by atoms with E-state index in [1.54, 1.807) is 0 Å². The molecule has 0 bridgehead atoms. The van der Waals surface area contributed by atoms with E-state index in [4.69, 9.17) is 9.92 Å². The molecule has 0 atom stereocenters. The molecule has 0 saturated carbocycles. The predicted molar refractivity (Wildman–Crippen MR) is 74.2 cm³/mol. The number of carbonyl (C=O) groups excluding carboxylic acids is 1. The van der Waals surface area contributed by atoms with Gasteiger partial charge in [0.25, 0.3) is 0 Å². The van der Waals surface area contributed by atoms with E-state index >= 15 is 0 Å². The topological polar surface area (TPSA) is 86.5 Å². The number of nitrogens with two attached hydrogens (primary N) is 1. The summed E-state index contributed by atoms with van der Waals surface area (Å²) >= 11 is 0. The number of hydrogen-bond acceptors (Lipinski definition) is 4. The van der Waals surface area contributed by atoms with Gasteiger partial charge in [0.1, 0.15) is 10.6 Å². The van der Waals surface area contributed by atoms with Crippen LogP contribution >= 0.6 is 0 Å². The van der Waals surface area contributed by atoms with Crippen molar-refractivity contribution in [1.29, 1.82) is 0 Å². The number of amides is 1. The largest absolute Gasteiger partial charge is 0.416 e. The summed E-state index contributed by atoms with van der Waals surface area (Å²) in [6.07, 6.45) is -4.57. The molecule has 0 spiro atoms. The maximum Gasteiger partial charge on any atom is 0.416 e. The van der Waals surface area contributed by atoms with E-state index in [0.717, 1.165) is 18.2 Å². The summed E-state index contributed by atoms with van der Waals surface area (Å²) in [5, 5.41) is 0. The van der Waals surface area contributed by atoms with Crippen molar-refractivity contribution in [2.75, 3.05) is 0 Å². The van der Waals surface area contributed by atoms with Gasteiger partial charge in [0.15, 0.2) is 0 Å². The summed E-state index contributed by atoms with van der Waals surface area (Å²) < 4.78 is 66.2. The van der Waals surface area contributed by atoms with E-state index in [2.05, 4.69) is 0 Å². The Labute approximate surface area is 129 Å². The van der Waals surface area contributed by atoms with Crippen molar-refractivity contribution >= 4 is 16.0 Å². The summed E-state index contributed by atoms with van der Waals surface area (Å²) in [4.78, 5) is 10.6. The lowest BCUT2D eigenvalue weighted by Crippen LogP contribution is -2.13. The molecule has 122 valence electrons. The summed E-state index contributed by atoms with van der Waals surface area (Å²) in [5.74, 6) is -0.955. The molecule has 0 radical (unpaired) electrons. The third-order valence-corrected chi connectivity index (χ3v) is 4.06. The highest BCUT2D eigenvalue weighted by Gasteiger charge is 2.30. The Morgan fingerprint density at radius 1 is 1.04 bits per heavy atom. The second-order valence-electron chi connectivity index (χ2n) is 4.45. The third kappa shape index (κ3) is 4.01. The summed E-state index contributed by atoms with van der Waals surface area (Å²) in [6.45, 7) is 0. The van der Waals surface area contributed by atoms with Crippen LogP contribution in [0, 0.1) is 0 Å². The molecule has 0 heterocycles. The van der Waals surface area contributed by atoms with Crippen LogP contribution in [0.1, 0.15) is 15.9 Å². The Hall–Kier alpha value is -2.55. The maximum atomic E-state index is 12.5. The molecule has 23 heavy (non-hydrogen) atoms. The first-order valence-corrected chi connectivity index (χ1v) is 7.52. The number of carbonyl (C=O) groups is 1. The van der Waals surface area contributed by atoms with Gasteiger partial charge in [-0.25, -0.2) is 0 Å². The van der Waals surface area contributed by atoms with Crippen molar-refractivity contribution in [2.45, 2.75) is 11.1 Å². The number of rotatable bonds is 4. The van der Waals surface area contributed by atoms with Crippen LogP contribution in [0.4, 0.5) is 13.2 Å². The molecular weight excluding hydrogens is 335 g/mol. The fourth-order valence-electron chi connectivity index (χ4n) is 1.69. The molecular formula is C14H10F3NO4S. The van der Waals surface area contributed by atoms with Crippen molar-refractivity contribution in [3.8, 4) is 5.75 Å². The quantitative estimate of drug-likeness (QED) is 0.863. The van der Waals surface area contributed by atoms with E-state index in [-0.39, 0.29) is 11.3 Å². The summed E-state index contributed by atoms with van der Waals surface area (Å²) in [6, 6.07) is 7.95. The average Bonchev–Trinajstić information content (AvgIpc) is 2.46. The van der Waals surface area contributed by atoms with Gasteiger partial charge in [-0.15, -0.1) is 0 Å². The monoisotopic (exact) mass is 345 g/mol. The lowest BCUT2D eigenvalue weighted by atomic mass is 10.2. The van der Waals surface area contributed by atoms with Crippen LogP contribution in [0.3, 0.4) is 0 Å². The van der Waals surface area contributed by atoms with Crippen molar-refractivity contribution in [3.63, 3.8) is 0 Å². The van der Waals surface area contributed by atoms with Gasteiger partial charge >= 0.3 is 16.3 Å². The second-order valence-corrected chi connectivity index (χ2v) is 6.00. The Morgan fingerprint density at radius 2 is 1.65 bits per heavy atom. The fraction of sp³-hybridized carbons (Fsp3) is 0.0714. The van der Waals surface area contributed by atoms with Crippen LogP contribution in [0.2, 0.25) is 0 Å². The maximum absolute atomic E-state index is 12.5. The first-order valence-electron chi connectivity index (χ1n) is 6.11. The summed E-state index contributed by atoms with van der Waals surface area (Å²) in [7, 11) is -4.34. The lowest BCUT2D eigenvalue weighted by Gasteiger charge is -2.09. The van der Waals surface area contributed by atoms with Gasteiger partial charge in [-0.05, 0) is 42.5 Å². The highest BCUT2D eigenvalue weighted by Crippen LogP contribution is 2.30. The van der Waals surface area contributed by atoms with Crippen LogP contribution in [0.5, 0.6) is 5.75 Å². The molecule has 0 fully saturated rings. The van der Waals surface area contributed by atoms with E-state index in [1.165, 1.54) is 18.2 Å². The van der Waals surface area contributed by atoms with Crippen molar-refractivity contribution in [3.05, 3.63) is 59.7 Å². The van der Waals surface area contributed by atoms with Gasteiger partial charge in [-0.3, -0.25) is 4.79 Å². The molecule has 0 aliphatic heterocycles. The normalized spacial score (nSPS) is 12.0. The molecule has 2 N–H and O–H groups in total. The molecule has 0 aliphatic rings. The predicted octanol–water partition coefficient (Wildman–Crippen LogP) is 2.57. The molecule has 2 aromatic rings. The molecule has 9 heteroatoms. The fourth-order valence-corrected chi connectivity index (χ4v) is 2.61. The van der Waals surface area contributed by atoms with Gasteiger partial charge in [0.05, 0.1) is 5.56 Å². The van der Waals surface area contributed by atoms with Gasteiger partial charge in [-0.1, -0.05) is 6.07 Å². The molecule has 2 aromatic carbocycles. The van der Waals surface area contributed by atoms with Gasteiger partial charge in [0.2, 0.25) is 5.91 Å². The van der Waals surface area contributed by atoms with Crippen molar-refractivity contribution in [2.24, 2.45) is 5.73 Å². The molecule has 0 saturated heterocycles. The standard InChI is InChI=1S/C14H10F3NO4S/c15-14(16,17)10-4-6-12(7-5-10)23(20,21)22-11-3-1-2-9(8-11)13(18)19/h1-8H,(H2,18,19). The Kier molecular flexibility index (Phi) is 4.33. The molecule has 5 nitrogen and oxygen atoms in total. The number of alkyl halides is 3. The van der Waals surface area contributed by atoms with Crippen LogP contribution < -0.4 is 9.92 Å². The van der Waals surface area contributed by atoms with Crippen LogP contribution in [0.25, 0.3) is 0 Å². The van der Waals surface area contributed by atoms with E-state index in [0.29, 0.717) is 12.1 Å². The van der Waals surface area contributed by atoms with E-state index in [9.17, 15) is 26.4 Å². The second kappa shape index (κ2) is 5.92. The minimum atomic E-state index is -4.57. The number of primary amides is 1. The molecule has 0 aliphatic carbocycles. The zero-order valence-corrected chi connectivity index (χ0v) is 12.2. The van der Waals surface area contributed by atoms with Crippen molar-refractivity contribution < 1.29 is 30.6 Å². The molecule has 2 rings (SSSR count). The highest BCUT2D eigenvalue weighted by molar-refractivity contribution is 7.87. The molecule has 1 amide bonds. The number of benzene rings is 2. The third-order valence-electron chi connectivity index (χ3n) is 2.79. The smallest absolute Gasteiger partial charge is 0.379 e. The van der Waals surface area contributed by atoms with Gasteiger partial charge in [0, 0.05) is 5.56 Å². The first-order chi connectivity index (χ1) is 10.6.